The first kappa shape index (κ1) is 22.0. The maximum Gasteiger partial charge on any atom is 0.253 e. The summed E-state index contributed by atoms with van der Waals surface area (Å²) in [5.74, 6) is 0.239. The molecule has 8 heteroatoms. The van der Waals surface area contributed by atoms with Gasteiger partial charge in [-0.25, -0.2) is 4.98 Å². The van der Waals surface area contributed by atoms with Gasteiger partial charge in [0.1, 0.15) is 11.9 Å². The molecule has 0 aliphatic carbocycles. The Morgan fingerprint density at radius 3 is 2.39 bits per heavy atom. The molecular formula is C20H24Cl2N4O2. The monoisotopic (exact) mass is 422 g/mol. The zero-order valence-corrected chi connectivity index (χ0v) is 17.8. The Kier molecular flexibility index (Phi) is 7.66. The number of pyridine rings is 1. The number of rotatable bonds is 7. The molecule has 2 aromatic rings. The highest BCUT2D eigenvalue weighted by Crippen LogP contribution is 2.21. The summed E-state index contributed by atoms with van der Waals surface area (Å²) in [6.45, 7) is 3.96. The predicted octanol–water partition coefficient (Wildman–Crippen LogP) is 4.24. The van der Waals surface area contributed by atoms with Crippen LogP contribution in [0.3, 0.4) is 0 Å². The molecule has 2 rings (SSSR count). The average molecular weight is 423 g/mol. The van der Waals surface area contributed by atoms with Crippen molar-refractivity contribution in [3.63, 3.8) is 0 Å². The van der Waals surface area contributed by atoms with Crippen LogP contribution in [0.4, 0.5) is 11.5 Å². The van der Waals surface area contributed by atoms with E-state index in [0.29, 0.717) is 17.1 Å². The van der Waals surface area contributed by atoms with E-state index in [4.69, 9.17) is 23.2 Å². The van der Waals surface area contributed by atoms with Crippen molar-refractivity contribution >= 4 is 46.5 Å². The van der Waals surface area contributed by atoms with Crippen molar-refractivity contribution in [2.75, 3.05) is 24.3 Å². The van der Waals surface area contributed by atoms with Gasteiger partial charge < -0.3 is 15.5 Å². The van der Waals surface area contributed by atoms with Crippen LogP contribution in [0.15, 0.2) is 36.5 Å². The first-order valence-electron chi connectivity index (χ1n) is 8.87. The lowest BCUT2D eigenvalue weighted by Crippen LogP contribution is -2.44. The van der Waals surface area contributed by atoms with Gasteiger partial charge in [-0.3, -0.25) is 9.59 Å². The number of nitrogens with one attached hydrogen (secondary N) is 2. The summed E-state index contributed by atoms with van der Waals surface area (Å²) in [6.07, 6.45) is 2.06. The van der Waals surface area contributed by atoms with Crippen molar-refractivity contribution in [2.45, 2.75) is 26.3 Å². The molecule has 0 radical (unpaired) electrons. The van der Waals surface area contributed by atoms with Gasteiger partial charge in [-0.1, -0.05) is 37.0 Å². The quantitative estimate of drug-likeness (QED) is 0.699. The van der Waals surface area contributed by atoms with Crippen LogP contribution in [0, 0.1) is 5.92 Å². The van der Waals surface area contributed by atoms with E-state index in [0.717, 1.165) is 5.82 Å². The third kappa shape index (κ3) is 6.11. The number of halogens is 2. The van der Waals surface area contributed by atoms with Crippen molar-refractivity contribution in [3.05, 3.63) is 52.1 Å². The Labute approximate surface area is 175 Å². The van der Waals surface area contributed by atoms with Crippen molar-refractivity contribution < 1.29 is 9.59 Å². The second-order valence-electron chi connectivity index (χ2n) is 7.07. The highest BCUT2D eigenvalue weighted by Gasteiger charge is 2.24. The van der Waals surface area contributed by atoms with Crippen LogP contribution in [0.2, 0.25) is 10.0 Å². The fraction of sp³-hybridized carbons (Fsp3) is 0.350. The summed E-state index contributed by atoms with van der Waals surface area (Å²) >= 11 is 12.0. The maximum absolute atomic E-state index is 12.8. The number of hydrogen-bond donors (Lipinski definition) is 2. The molecule has 0 spiro atoms. The number of nitrogens with zero attached hydrogens (tertiary/aromatic N) is 2. The fourth-order valence-electron chi connectivity index (χ4n) is 2.57. The maximum atomic E-state index is 12.8. The molecule has 2 amide bonds. The Hall–Kier alpha value is -2.31. The van der Waals surface area contributed by atoms with Crippen LogP contribution >= 0.6 is 23.2 Å². The van der Waals surface area contributed by atoms with Crippen molar-refractivity contribution in [3.8, 4) is 0 Å². The zero-order chi connectivity index (χ0) is 20.8. The summed E-state index contributed by atoms with van der Waals surface area (Å²) in [5, 5.41) is 6.24. The standard InChI is InChI=1S/C20H24Cl2N4O2/c1-12(2)9-17(25-19(27)15-7-5-13(21)10-16(15)22)20(28)24-14-6-8-18(23-11-14)26(3)4/h5-8,10-12,17H,9H2,1-4H3,(H,24,28)(H,25,27). The highest BCUT2D eigenvalue weighted by atomic mass is 35.5. The number of hydrogen-bond acceptors (Lipinski definition) is 4. The van der Waals surface area contributed by atoms with E-state index < -0.39 is 11.9 Å². The topological polar surface area (TPSA) is 74.3 Å². The minimum atomic E-state index is -0.715. The molecule has 0 aliphatic heterocycles. The number of aromatic nitrogens is 1. The molecule has 1 heterocycles. The van der Waals surface area contributed by atoms with E-state index in [-0.39, 0.29) is 22.4 Å². The molecule has 28 heavy (non-hydrogen) atoms. The van der Waals surface area contributed by atoms with Gasteiger partial charge >= 0.3 is 0 Å². The second-order valence-corrected chi connectivity index (χ2v) is 7.91. The van der Waals surface area contributed by atoms with Crippen LogP contribution in [0.25, 0.3) is 0 Å². The van der Waals surface area contributed by atoms with E-state index in [9.17, 15) is 9.59 Å². The first-order chi connectivity index (χ1) is 13.2. The molecule has 0 bridgehead atoms. The minimum Gasteiger partial charge on any atom is -0.363 e. The third-order valence-corrected chi connectivity index (χ3v) is 4.53. The first-order valence-corrected chi connectivity index (χ1v) is 9.63. The Morgan fingerprint density at radius 1 is 1.14 bits per heavy atom. The van der Waals surface area contributed by atoms with Gasteiger partial charge in [0.15, 0.2) is 0 Å². The van der Waals surface area contributed by atoms with Gasteiger partial charge in [0, 0.05) is 19.1 Å². The molecule has 6 nitrogen and oxygen atoms in total. The normalized spacial score (nSPS) is 11.8. The fourth-order valence-corrected chi connectivity index (χ4v) is 3.06. The van der Waals surface area contributed by atoms with Crippen molar-refractivity contribution in [2.24, 2.45) is 5.92 Å². The van der Waals surface area contributed by atoms with Gasteiger partial charge in [0.05, 0.1) is 22.5 Å². The molecule has 1 atom stereocenters. The number of anilines is 2. The second kappa shape index (κ2) is 9.75. The predicted molar refractivity (Wildman–Crippen MR) is 114 cm³/mol. The van der Waals surface area contributed by atoms with E-state index in [1.165, 1.54) is 12.1 Å². The summed E-state index contributed by atoms with van der Waals surface area (Å²) in [6, 6.07) is 7.47. The Morgan fingerprint density at radius 2 is 1.86 bits per heavy atom. The van der Waals surface area contributed by atoms with Crippen molar-refractivity contribution in [1.29, 1.82) is 0 Å². The molecule has 1 unspecified atom stereocenters. The summed E-state index contributed by atoms with van der Waals surface area (Å²) in [4.78, 5) is 31.5. The average Bonchev–Trinajstić information content (AvgIpc) is 2.61. The van der Waals surface area contributed by atoms with E-state index >= 15 is 0 Å². The van der Waals surface area contributed by atoms with Crippen LogP contribution in [0.5, 0.6) is 0 Å². The van der Waals surface area contributed by atoms with Gasteiger partial charge in [0.25, 0.3) is 5.91 Å². The van der Waals surface area contributed by atoms with Gasteiger partial charge in [-0.2, -0.15) is 0 Å². The minimum absolute atomic E-state index is 0.200. The van der Waals surface area contributed by atoms with Gasteiger partial charge in [-0.05, 0) is 42.7 Å². The highest BCUT2D eigenvalue weighted by molar-refractivity contribution is 6.36. The Bertz CT molecular complexity index is 839. The van der Waals surface area contributed by atoms with Crippen LogP contribution in [-0.2, 0) is 4.79 Å². The summed E-state index contributed by atoms with van der Waals surface area (Å²) in [5.41, 5.74) is 0.827. The van der Waals surface area contributed by atoms with Crippen LogP contribution in [0.1, 0.15) is 30.6 Å². The number of carbonyl (C=O) groups excluding carboxylic acids is 2. The number of carbonyl (C=O) groups is 2. The van der Waals surface area contributed by atoms with Crippen molar-refractivity contribution in [1.82, 2.24) is 10.3 Å². The third-order valence-electron chi connectivity index (χ3n) is 3.98. The lowest BCUT2D eigenvalue weighted by molar-refractivity contribution is -0.118. The van der Waals surface area contributed by atoms with Gasteiger partial charge in [0.2, 0.25) is 5.91 Å². The number of benzene rings is 1. The molecule has 0 saturated carbocycles. The SMILES string of the molecule is CC(C)CC(NC(=O)c1ccc(Cl)cc1Cl)C(=O)Nc1ccc(N(C)C)nc1. The molecule has 150 valence electrons. The molecule has 0 fully saturated rings. The lowest BCUT2D eigenvalue weighted by Gasteiger charge is -2.21. The van der Waals surface area contributed by atoms with E-state index in [2.05, 4.69) is 15.6 Å². The molecule has 0 saturated heterocycles. The molecule has 1 aromatic carbocycles. The lowest BCUT2D eigenvalue weighted by atomic mass is 10.0. The molecular weight excluding hydrogens is 399 g/mol. The van der Waals surface area contributed by atoms with Crippen LogP contribution < -0.4 is 15.5 Å². The van der Waals surface area contributed by atoms with E-state index in [1.54, 1.807) is 24.4 Å². The molecule has 1 aromatic heterocycles. The number of amides is 2. The van der Waals surface area contributed by atoms with E-state index in [1.807, 2.05) is 32.8 Å². The largest absolute Gasteiger partial charge is 0.363 e. The summed E-state index contributed by atoms with van der Waals surface area (Å²) in [7, 11) is 3.77. The van der Waals surface area contributed by atoms with Gasteiger partial charge in [-0.15, -0.1) is 0 Å². The van der Waals surface area contributed by atoms with Crippen LogP contribution in [-0.4, -0.2) is 36.9 Å². The Balaban J connectivity index is 2.13. The molecule has 2 N–H and O–H groups in total. The molecule has 0 aliphatic rings. The zero-order valence-electron chi connectivity index (χ0n) is 16.3. The summed E-state index contributed by atoms with van der Waals surface area (Å²) < 4.78 is 0. The smallest absolute Gasteiger partial charge is 0.253 e.